The third-order valence-electron chi connectivity index (χ3n) is 2.27. The molecule has 0 spiro atoms. The molecule has 0 radical (unpaired) electrons. The van der Waals surface area contributed by atoms with Crippen LogP contribution in [0.2, 0.25) is 0 Å². The molecule has 18 heavy (non-hydrogen) atoms. The summed E-state index contributed by atoms with van der Waals surface area (Å²) in [6.07, 6.45) is 1.39. The standard InChI is InChI=1S/C10H13N5O2S/c1-5(3-16)13-9(17)7-6(2)14-10(18-7)8-11-4-12-15-8/h4-5,16H,3H2,1-2H3,(H,13,17)(H,11,12,15). The van der Waals surface area contributed by atoms with E-state index in [0.29, 0.717) is 21.4 Å². The number of nitrogens with one attached hydrogen (secondary N) is 2. The quantitative estimate of drug-likeness (QED) is 0.741. The summed E-state index contributed by atoms with van der Waals surface area (Å²) in [6, 6.07) is -0.285. The molecule has 2 heterocycles. The maximum absolute atomic E-state index is 11.9. The Morgan fingerprint density at radius 3 is 3.06 bits per heavy atom. The summed E-state index contributed by atoms with van der Waals surface area (Å²) in [4.78, 5) is 20.7. The number of rotatable bonds is 4. The van der Waals surface area contributed by atoms with Crippen LogP contribution in [0.5, 0.6) is 0 Å². The molecule has 1 amide bonds. The molecular weight excluding hydrogens is 254 g/mol. The van der Waals surface area contributed by atoms with Gasteiger partial charge in [0, 0.05) is 6.04 Å². The molecule has 0 bridgehead atoms. The van der Waals surface area contributed by atoms with E-state index in [2.05, 4.69) is 25.5 Å². The largest absolute Gasteiger partial charge is 0.394 e. The van der Waals surface area contributed by atoms with Crippen molar-refractivity contribution in [2.45, 2.75) is 19.9 Å². The number of thiazole rings is 1. The van der Waals surface area contributed by atoms with Crippen LogP contribution in [0, 0.1) is 6.92 Å². The lowest BCUT2D eigenvalue weighted by Crippen LogP contribution is -2.34. The van der Waals surface area contributed by atoms with Gasteiger partial charge in [-0.25, -0.2) is 9.97 Å². The minimum Gasteiger partial charge on any atom is -0.394 e. The van der Waals surface area contributed by atoms with Crippen molar-refractivity contribution >= 4 is 17.2 Å². The van der Waals surface area contributed by atoms with E-state index in [1.165, 1.54) is 17.7 Å². The number of aliphatic hydroxyl groups is 1. The number of carbonyl (C=O) groups is 1. The van der Waals surface area contributed by atoms with Crippen molar-refractivity contribution in [1.29, 1.82) is 0 Å². The SMILES string of the molecule is Cc1nc(-c2ncn[nH]2)sc1C(=O)NC(C)CO. The minimum absolute atomic E-state index is 0.0987. The average Bonchev–Trinajstić information content (AvgIpc) is 2.97. The Bertz CT molecular complexity index is 536. The lowest BCUT2D eigenvalue weighted by molar-refractivity contribution is 0.0925. The highest BCUT2D eigenvalue weighted by atomic mass is 32.1. The molecule has 2 aromatic heterocycles. The summed E-state index contributed by atoms with van der Waals surface area (Å²) in [7, 11) is 0. The summed E-state index contributed by atoms with van der Waals surface area (Å²) >= 11 is 1.24. The number of amides is 1. The predicted octanol–water partition coefficient (Wildman–Crippen LogP) is 0.347. The number of hydrogen-bond acceptors (Lipinski definition) is 6. The molecule has 1 unspecified atom stereocenters. The van der Waals surface area contributed by atoms with Crippen molar-refractivity contribution in [1.82, 2.24) is 25.5 Å². The van der Waals surface area contributed by atoms with Crippen molar-refractivity contribution in [3.05, 3.63) is 16.9 Å². The Morgan fingerprint density at radius 1 is 1.67 bits per heavy atom. The highest BCUT2D eigenvalue weighted by Gasteiger charge is 2.18. The van der Waals surface area contributed by atoms with E-state index in [1.54, 1.807) is 13.8 Å². The molecule has 0 saturated carbocycles. The van der Waals surface area contributed by atoms with Gasteiger partial charge >= 0.3 is 0 Å². The van der Waals surface area contributed by atoms with Gasteiger partial charge in [-0.1, -0.05) is 0 Å². The highest BCUT2D eigenvalue weighted by Crippen LogP contribution is 2.24. The number of aromatic amines is 1. The van der Waals surface area contributed by atoms with Gasteiger partial charge in [0.05, 0.1) is 12.3 Å². The molecule has 0 aliphatic carbocycles. The van der Waals surface area contributed by atoms with E-state index in [-0.39, 0.29) is 18.6 Å². The van der Waals surface area contributed by atoms with Crippen LogP contribution >= 0.6 is 11.3 Å². The summed E-state index contributed by atoms with van der Waals surface area (Å²) in [5.74, 6) is 0.301. The zero-order chi connectivity index (χ0) is 13.1. The third-order valence-corrected chi connectivity index (χ3v) is 3.43. The Labute approximate surface area is 107 Å². The Hall–Kier alpha value is -1.80. The molecule has 0 aliphatic rings. The van der Waals surface area contributed by atoms with Gasteiger partial charge in [-0.2, -0.15) is 5.10 Å². The fourth-order valence-electron chi connectivity index (χ4n) is 1.35. The molecule has 0 saturated heterocycles. The average molecular weight is 267 g/mol. The third kappa shape index (κ3) is 2.54. The van der Waals surface area contributed by atoms with Gasteiger partial charge in [-0.15, -0.1) is 11.3 Å². The monoisotopic (exact) mass is 267 g/mol. The van der Waals surface area contributed by atoms with Gasteiger partial charge in [0.25, 0.3) is 5.91 Å². The molecule has 8 heteroatoms. The Balaban J connectivity index is 2.22. The van der Waals surface area contributed by atoms with Crippen molar-refractivity contribution in [3.8, 4) is 10.8 Å². The van der Waals surface area contributed by atoms with Crippen molar-refractivity contribution in [2.24, 2.45) is 0 Å². The van der Waals surface area contributed by atoms with Gasteiger partial charge in [0.1, 0.15) is 11.2 Å². The van der Waals surface area contributed by atoms with E-state index in [0.717, 1.165) is 0 Å². The second-order valence-electron chi connectivity index (χ2n) is 3.82. The van der Waals surface area contributed by atoms with Crippen molar-refractivity contribution in [2.75, 3.05) is 6.61 Å². The van der Waals surface area contributed by atoms with E-state index in [4.69, 9.17) is 5.11 Å². The first-order valence-corrected chi connectivity index (χ1v) is 6.18. The molecule has 96 valence electrons. The van der Waals surface area contributed by atoms with Crippen LogP contribution in [-0.2, 0) is 0 Å². The Kier molecular flexibility index (Phi) is 3.68. The summed E-state index contributed by atoms with van der Waals surface area (Å²) < 4.78 is 0. The summed E-state index contributed by atoms with van der Waals surface area (Å²) in [5.41, 5.74) is 0.633. The van der Waals surface area contributed by atoms with Crippen LogP contribution in [0.25, 0.3) is 10.8 Å². The van der Waals surface area contributed by atoms with Crippen LogP contribution in [0.15, 0.2) is 6.33 Å². The zero-order valence-corrected chi connectivity index (χ0v) is 10.8. The number of aliphatic hydroxyl groups excluding tert-OH is 1. The molecule has 7 nitrogen and oxygen atoms in total. The minimum atomic E-state index is -0.285. The van der Waals surface area contributed by atoms with E-state index in [1.807, 2.05) is 0 Å². The van der Waals surface area contributed by atoms with Gasteiger partial charge in [-0.05, 0) is 13.8 Å². The van der Waals surface area contributed by atoms with Gasteiger partial charge in [0.2, 0.25) is 0 Å². The number of hydrogen-bond donors (Lipinski definition) is 3. The van der Waals surface area contributed by atoms with Crippen LogP contribution in [-0.4, -0.2) is 43.8 Å². The first-order chi connectivity index (χ1) is 8.61. The Morgan fingerprint density at radius 2 is 2.44 bits per heavy atom. The van der Waals surface area contributed by atoms with Gasteiger partial charge in [-0.3, -0.25) is 9.89 Å². The normalized spacial score (nSPS) is 12.4. The highest BCUT2D eigenvalue weighted by molar-refractivity contribution is 7.17. The molecular formula is C10H13N5O2S. The van der Waals surface area contributed by atoms with E-state index in [9.17, 15) is 4.79 Å². The van der Waals surface area contributed by atoms with Crippen LogP contribution < -0.4 is 5.32 Å². The fourth-order valence-corrected chi connectivity index (χ4v) is 2.27. The maximum atomic E-state index is 11.9. The predicted molar refractivity (Wildman–Crippen MR) is 66.2 cm³/mol. The summed E-state index contributed by atoms with van der Waals surface area (Å²) in [5, 5.41) is 18.6. The second-order valence-corrected chi connectivity index (χ2v) is 4.82. The van der Waals surface area contributed by atoms with Gasteiger partial charge in [0.15, 0.2) is 10.8 Å². The first-order valence-electron chi connectivity index (χ1n) is 5.36. The number of aryl methyl sites for hydroxylation is 1. The number of carbonyl (C=O) groups excluding carboxylic acids is 1. The molecule has 0 aromatic carbocycles. The number of aromatic nitrogens is 4. The van der Waals surface area contributed by atoms with Crippen LogP contribution in [0.3, 0.4) is 0 Å². The topological polar surface area (TPSA) is 104 Å². The second kappa shape index (κ2) is 5.23. The molecule has 3 N–H and O–H groups in total. The lowest BCUT2D eigenvalue weighted by atomic mass is 10.3. The maximum Gasteiger partial charge on any atom is 0.263 e. The molecule has 0 fully saturated rings. The summed E-state index contributed by atoms with van der Waals surface area (Å²) in [6.45, 7) is 3.39. The van der Waals surface area contributed by atoms with Gasteiger partial charge < -0.3 is 10.4 Å². The van der Waals surface area contributed by atoms with E-state index >= 15 is 0 Å². The number of nitrogens with zero attached hydrogens (tertiary/aromatic N) is 3. The van der Waals surface area contributed by atoms with Crippen LogP contribution in [0.1, 0.15) is 22.3 Å². The molecule has 2 rings (SSSR count). The van der Waals surface area contributed by atoms with E-state index < -0.39 is 0 Å². The van der Waals surface area contributed by atoms with Crippen molar-refractivity contribution in [3.63, 3.8) is 0 Å². The lowest BCUT2D eigenvalue weighted by Gasteiger charge is -2.09. The zero-order valence-electron chi connectivity index (χ0n) is 9.97. The van der Waals surface area contributed by atoms with Crippen LogP contribution in [0.4, 0.5) is 0 Å². The van der Waals surface area contributed by atoms with Crippen molar-refractivity contribution < 1.29 is 9.90 Å². The molecule has 2 aromatic rings. The molecule has 0 aliphatic heterocycles. The number of H-pyrrole nitrogens is 1. The smallest absolute Gasteiger partial charge is 0.263 e. The fraction of sp³-hybridized carbons (Fsp3) is 0.400. The first kappa shape index (κ1) is 12.7. The molecule has 1 atom stereocenters.